The minimum absolute atomic E-state index is 0.186. The Labute approximate surface area is 145 Å². The number of halogens is 1. The topological polar surface area (TPSA) is 70.1 Å². The maximum absolute atomic E-state index is 13.4. The molecule has 2 aromatic carbocycles. The van der Waals surface area contributed by atoms with Gasteiger partial charge in [-0.15, -0.1) is 0 Å². The smallest absolute Gasteiger partial charge is 0.229 e. The molecule has 3 rings (SSSR count). The molecule has 1 unspecified atom stereocenters. The SMILES string of the molecule is Cc1cccc(Nc2nccc(NC(CO)c3cccc(F)c3)n2)c1. The fourth-order valence-corrected chi connectivity index (χ4v) is 2.49. The highest BCUT2D eigenvalue weighted by Gasteiger charge is 2.12. The molecule has 0 radical (unpaired) electrons. The third-order valence-corrected chi connectivity index (χ3v) is 3.69. The van der Waals surface area contributed by atoms with Gasteiger partial charge in [-0.05, 0) is 48.4 Å². The Kier molecular flexibility index (Phi) is 5.20. The van der Waals surface area contributed by atoms with Crippen molar-refractivity contribution in [1.82, 2.24) is 9.97 Å². The van der Waals surface area contributed by atoms with Crippen molar-refractivity contribution in [2.24, 2.45) is 0 Å². The van der Waals surface area contributed by atoms with E-state index in [9.17, 15) is 9.50 Å². The quantitative estimate of drug-likeness (QED) is 0.637. The average Bonchev–Trinajstić information content (AvgIpc) is 2.60. The molecule has 0 amide bonds. The largest absolute Gasteiger partial charge is 0.394 e. The predicted molar refractivity (Wildman–Crippen MR) is 96.3 cm³/mol. The van der Waals surface area contributed by atoms with Crippen LogP contribution in [0.1, 0.15) is 17.2 Å². The van der Waals surface area contributed by atoms with E-state index in [0.717, 1.165) is 11.3 Å². The van der Waals surface area contributed by atoms with Crippen molar-refractivity contribution in [1.29, 1.82) is 0 Å². The van der Waals surface area contributed by atoms with Crippen LogP contribution in [0.4, 0.5) is 21.8 Å². The van der Waals surface area contributed by atoms with E-state index in [1.165, 1.54) is 12.1 Å². The maximum Gasteiger partial charge on any atom is 0.229 e. The third kappa shape index (κ3) is 4.51. The van der Waals surface area contributed by atoms with E-state index in [4.69, 9.17) is 0 Å². The first kappa shape index (κ1) is 16.9. The number of rotatable bonds is 6. The summed E-state index contributed by atoms with van der Waals surface area (Å²) in [4.78, 5) is 8.59. The fraction of sp³-hybridized carbons (Fsp3) is 0.158. The fourth-order valence-electron chi connectivity index (χ4n) is 2.49. The van der Waals surface area contributed by atoms with Crippen LogP contribution in [0.25, 0.3) is 0 Å². The molecule has 0 aliphatic carbocycles. The molecule has 1 aromatic heterocycles. The molecule has 0 aliphatic rings. The van der Waals surface area contributed by atoms with Gasteiger partial charge in [-0.2, -0.15) is 4.98 Å². The zero-order valence-electron chi connectivity index (χ0n) is 13.8. The van der Waals surface area contributed by atoms with Crippen LogP contribution < -0.4 is 10.6 Å². The first-order valence-electron chi connectivity index (χ1n) is 7.93. The van der Waals surface area contributed by atoms with Crippen LogP contribution in [0.3, 0.4) is 0 Å². The standard InChI is InChI=1S/C19H19FN4O/c1-13-4-2-7-16(10-13)22-19-21-9-8-18(24-19)23-17(12-25)14-5-3-6-15(20)11-14/h2-11,17,25H,12H2,1H3,(H2,21,22,23,24). The number of anilines is 3. The van der Waals surface area contributed by atoms with E-state index < -0.39 is 6.04 Å². The van der Waals surface area contributed by atoms with E-state index in [-0.39, 0.29) is 12.4 Å². The van der Waals surface area contributed by atoms with E-state index in [2.05, 4.69) is 20.6 Å². The van der Waals surface area contributed by atoms with Gasteiger partial charge >= 0.3 is 0 Å². The second-order valence-corrected chi connectivity index (χ2v) is 5.69. The van der Waals surface area contributed by atoms with Crippen LogP contribution in [0.15, 0.2) is 60.8 Å². The number of aliphatic hydroxyl groups excluding tert-OH is 1. The van der Waals surface area contributed by atoms with Crippen molar-refractivity contribution in [2.75, 3.05) is 17.2 Å². The minimum Gasteiger partial charge on any atom is -0.394 e. The molecule has 5 nitrogen and oxygen atoms in total. The number of hydrogen-bond donors (Lipinski definition) is 3. The van der Waals surface area contributed by atoms with Crippen molar-refractivity contribution in [2.45, 2.75) is 13.0 Å². The lowest BCUT2D eigenvalue weighted by Gasteiger charge is -2.18. The van der Waals surface area contributed by atoms with Crippen molar-refractivity contribution in [3.63, 3.8) is 0 Å². The molecule has 3 N–H and O–H groups in total. The second-order valence-electron chi connectivity index (χ2n) is 5.69. The van der Waals surface area contributed by atoms with E-state index in [1.807, 2.05) is 31.2 Å². The molecule has 0 bridgehead atoms. The lowest BCUT2D eigenvalue weighted by Crippen LogP contribution is -2.16. The molecular weight excluding hydrogens is 319 g/mol. The van der Waals surface area contributed by atoms with Crippen molar-refractivity contribution < 1.29 is 9.50 Å². The summed E-state index contributed by atoms with van der Waals surface area (Å²) in [6.07, 6.45) is 1.62. The van der Waals surface area contributed by atoms with E-state index >= 15 is 0 Å². The summed E-state index contributed by atoms with van der Waals surface area (Å²) in [5.74, 6) is 0.627. The number of aryl methyl sites for hydroxylation is 1. The summed E-state index contributed by atoms with van der Waals surface area (Å²) in [6, 6.07) is 15.2. The van der Waals surface area contributed by atoms with E-state index in [0.29, 0.717) is 17.3 Å². The van der Waals surface area contributed by atoms with Crippen LogP contribution in [0.2, 0.25) is 0 Å². The number of aliphatic hydroxyl groups is 1. The average molecular weight is 338 g/mol. The minimum atomic E-state index is -0.461. The molecule has 0 saturated heterocycles. The lowest BCUT2D eigenvalue weighted by molar-refractivity contribution is 0.276. The molecule has 6 heteroatoms. The van der Waals surface area contributed by atoms with E-state index in [1.54, 1.807) is 24.4 Å². The Morgan fingerprint density at radius 3 is 2.72 bits per heavy atom. The molecule has 1 heterocycles. The molecule has 25 heavy (non-hydrogen) atoms. The normalized spacial score (nSPS) is 11.8. The Morgan fingerprint density at radius 1 is 1.12 bits per heavy atom. The Balaban J connectivity index is 1.76. The van der Waals surface area contributed by atoms with Gasteiger partial charge in [0.25, 0.3) is 0 Å². The Bertz CT molecular complexity index is 856. The summed E-state index contributed by atoms with van der Waals surface area (Å²) in [5, 5.41) is 15.9. The van der Waals surface area contributed by atoms with Gasteiger partial charge in [0.1, 0.15) is 11.6 Å². The monoisotopic (exact) mass is 338 g/mol. The van der Waals surface area contributed by atoms with Crippen LogP contribution in [-0.4, -0.2) is 21.7 Å². The molecule has 0 fully saturated rings. The van der Waals surface area contributed by atoms with Crippen LogP contribution >= 0.6 is 0 Å². The van der Waals surface area contributed by atoms with Gasteiger partial charge in [-0.3, -0.25) is 0 Å². The van der Waals surface area contributed by atoms with Crippen molar-refractivity contribution in [3.05, 3.63) is 77.7 Å². The molecule has 0 aliphatic heterocycles. The maximum atomic E-state index is 13.4. The predicted octanol–water partition coefficient (Wildman–Crippen LogP) is 3.81. The Hall–Kier alpha value is -2.99. The second kappa shape index (κ2) is 7.72. The molecular formula is C19H19FN4O. The summed E-state index contributed by atoms with van der Waals surface area (Å²) in [5.41, 5.74) is 2.67. The van der Waals surface area contributed by atoms with Crippen LogP contribution in [0.5, 0.6) is 0 Å². The summed E-state index contributed by atoms with van der Waals surface area (Å²) < 4.78 is 13.4. The number of benzene rings is 2. The van der Waals surface area contributed by atoms with Crippen LogP contribution in [-0.2, 0) is 0 Å². The van der Waals surface area contributed by atoms with Gasteiger partial charge in [0, 0.05) is 11.9 Å². The zero-order valence-corrected chi connectivity index (χ0v) is 13.8. The number of nitrogens with one attached hydrogen (secondary N) is 2. The first-order valence-corrected chi connectivity index (χ1v) is 7.93. The van der Waals surface area contributed by atoms with Gasteiger partial charge in [0.2, 0.25) is 5.95 Å². The highest BCUT2D eigenvalue weighted by atomic mass is 19.1. The van der Waals surface area contributed by atoms with Crippen LogP contribution in [0, 0.1) is 12.7 Å². The molecule has 0 spiro atoms. The number of aromatic nitrogens is 2. The summed E-state index contributed by atoms with van der Waals surface area (Å²) >= 11 is 0. The Morgan fingerprint density at radius 2 is 1.96 bits per heavy atom. The number of nitrogens with zero attached hydrogens (tertiary/aromatic N) is 2. The van der Waals surface area contributed by atoms with Gasteiger partial charge < -0.3 is 15.7 Å². The highest BCUT2D eigenvalue weighted by Crippen LogP contribution is 2.20. The first-order chi connectivity index (χ1) is 12.1. The van der Waals surface area contributed by atoms with Crippen molar-refractivity contribution in [3.8, 4) is 0 Å². The van der Waals surface area contributed by atoms with Gasteiger partial charge in [-0.1, -0.05) is 24.3 Å². The van der Waals surface area contributed by atoms with Gasteiger partial charge in [0.15, 0.2) is 0 Å². The number of hydrogen-bond acceptors (Lipinski definition) is 5. The highest BCUT2D eigenvalue weighted by molar-refractivity contribution is 5.55. The third-order valence-electron chi connectivity index (χ3n) is 3.69. The molecule has 0 saturated carbocycles. The zero-order chi connectivity index (χ0) is 17.6. The summed E-state index contributed by atoms with van der Waals surface area (Å²) in [7, 11) is 0. The molecule has 3 aromatic rings. The van der Waals surface area contributed by atoms with Crippen molar-refractivity contribution >= 4 is 17.5 Å². The molecule has 1 atom stereocenters. The lowest BCUT2D eigenvalue weighted by atomic mass is 10.1. The summed E-state index contributed by atoms with van der Waals surface area (Å²) in [6.45, 7) is 1.82. The molecule has 128 valence electrons. The van der Waals surface area contributed by atoms with Gasteiger partial charge in [-0.25, -0.2) is 9.37 Å². The van der Waals surface area contributed by atoms with Gasteiger partial charge in [0.05, 0.1) is 12.6 Å².